The van der Waals surface area contributed by atoms with E-state index in [0.717, 1.165) is 29.6 Å². The predicted molar refractivity (Wildman–Crippen MR) is 90.4 cm³/mol. The third-order valence-corrected chi connectivity index (χ3v) is 5.56. The van der Waals surface area contributed by atoms with E-state index in [0.29, 0.717) is 0 Å². The second-order valence-corrected chi connectivity index (χ2v) is 7.68. The van der Waals surface area contributed by atoms with Gasteiger partial charge in [0.2, 0.25) is 0 Å². The van der Waals surface area contributed by atoms with Crippen molar-refractivity contribution < 1.29 is 0 Å². The highest BCUT2D eigenvalue weighted by Crippen LogP contribution is 2.55. The van der Waals surface area contributed by atoms with Crippen LogP contribution in [-0.2, 0) is 0 Å². The maximum absolute atomic E-state index is 3.76. The zero-order valence-corrected chi connectivity index (χ0v) is 13.7. The molecular formula is C20H31N. The molecule has 2 fully saturated rings. The van der Waals surface area contributed by atoms with Crippen LogP contribution in [0.2, 0.25) is 0 Å². The summed E-state index contributed by atoms with van der Waals surface area (Å²) < 4.78 is 0. The summed E-state index contributed by atoms with van der Waals surface area (Å²) in [5, 5.41) is 3.76. The molecule has 0 heterocycles. The van der Waals surface area contributed by atoms with Crippen LogP contribution in [0, 0.1) is 23.7 Å². The zero-order valence-electron chi connectivity index (χ0n) is 13.7. The number of hydrogen-bond acceptors (Lipinski definition) is 1. The van der Waals surface area contributed by atoms with Gasteiger partial charge in [0.1, 0.15) is 0 Å². The Labute approximate surface area is 130 Å². The molecule has 1 heteroatoms. The zero-order chi connectivity index (χ0) is 14.7. The molecule has 0 aromatic heterocycles. The van der Waals surface area contributed by atoms with E-state index >= 15 is 0 Å². The van der Waals surface area contributed by atoms with Gasteiger partial charge in [-0.05, 0) is 54.7 Å². The molecular weight excluding hydrogens is 254 g/mol. The monoisotopic (exact) mass is 285 g/mol. The van der Waals surface area contributed by atoms with Gasteiger partial charge < -0.3 is 5.32 Å². The first kappa shape index (κ1) is 15.1. The van der Waals surface area contributed by atoms with Crippen LogP contribution in [0.3, 0.4) is 0 Å². The van der Waals surface area contributed by atoms with E-state index in [1.54, 1.807) is 5.56 Å². The molecule has 1 aromatic rings. The van der Waals surface area contributed by atoms with Crippen molar-refractivity contribution in [2.24, 2.45) is 23.7 Å². The number of rotatable bonds is 7. The Bertz CT molecular complexity index is 419. The number of benzene rings is 1. The quantitative estimate of drug-likeness (QED) is 0.755. The summed E-state index contributed by atoms with van der Waals surface area (Å²) in [4.78, 5) is 0. The van der Waals surface area contributed by atoms with E-state index in [-0.39, 0.29) is 0 Å². The van der Waals surface area contributed by atoms with Crippen LogP contribution in [0.25, 0.3) is 0 Å². The van der Waals surface area contributed by atoms with Gasteiger partial charge >= 0.3 is 0 Å². The topological polar surface area (TPSA) is 12.0 Å². The molecule has 1 N–H and O–H groups in total. The highest BCUT2D eigenvalue weighted by atomic mass is 14.9. The van der Waals surface area contributed by atoms with E-state index in [9.17, 15) is 0 Å². The number of nitrogens with one attached hydrogen (secondary N) is 1. The minimum absolute atomic E-state index is 0.762. The summed E-state index contributed by atoms with van der Waals surface area (Å²) in [6.07, 6.45) is 7.31. The Morgan fingerprint density at radius 2 is 1.76 bits per heavy atom. The van der Waals surface area contributed by atoms with Crippen LogP contribution in [0.5, 0.6) is 0 Å². The predicted octanol–water partition coefficient (Wildman–Crippen LogP) is 4.84. The molecule has 0 aliphatic heterocycles. The standard InChI is InChI=1S/C20H31N/c1-15(2)13-21-14-20(17-10-6-7-11-17)19-12-18(19)16-8-4-3-5-9-16/h3-5,8-9,15,17-21H,6-7,10-14H2,1-2H3. The third kappa shape index (κ3) is 3.88. The molecule has 116 valence electrons. The molecule has 0 bridgehead atoms. The summed E-state index contributed by atoms with van der Waals surface area (Å²) in [6, 6.07) is 11.2. The van der Waals surface area contributed by atoms with Crippen molar-refractivity contribution in [1.29, 1.82) is 0 Å². The highest BCUT2D eigenvalue weighted by molar-refractivity contribution is 5.26. The lowest BCUT2D eigenvalue weighted by Gasteiger charge is -2.25. The summed E-state index contributed by atoms with van der Waals surface area (Å²) in [7, 11) is 0. The largest absolute Gasteiger partial charge is 0.316 e. The summed E-state index contributed by atoms with van der Waals surface area (Å²) in [5.74, 6) is 4.45. The fourth-order valence-corrected chi connectivity index (χ4v) is 4.36. The van der Waals surface area contributed by atoms with Gasteiger partial charge in [0, 0.05) is 0 Å². The Morgan fingerprint density at radius 1 is 1.05 bits per heavy atom. The van der Waals surface area contributed by atoms with Gasteiger partial charge in [-0.2, -0.15) is 0 Å². The van der Waals surface area contributed by atoms with Crippen LogP contribution in [-0.4, -0.2) is 13.1 Å². The minimum atomic E-state index is 0.762. The molecule has 1 nitrogen and oxygen atoms in total. The van der Waals surface area contributed by atoms with Gasteiger partial charge in [-0.15, -0.1) is 0 Å². The SMILES string of the molecule is CC(C)CNCC(C1CCCC1)C1CC1c1ccccc1. The van der Waals surface area contributed by atoms with Crippen LogP contribution >= 0.6 is 0 Å². The molecule has 0 saturated heterocycles. The summed E-state index contributed by atoms with van der Waals surface area (Å²) >= 11 is 0. The smallest absolute Gasteiger partial charge is 0.00149 e. The minimum Gasteiger partial charge on any atom is -0.316 e. The van der Waals surface area contributed by atoms with Crippen molar-refractivity contribution in [2.45, 2.75) is 51.9 Å². The van der Waals surface area contributed by atoms with Crippen molar-refractivity contribution in [1.82, 2.24) is 5.32 Å². The van der Waals surface area contributed by atoms with Crippen LogP contribution < -0.4 is 5.32 Å². The lowest BCUT2D eigenvalue weighted by Crippen LogP contribution is -2.31. The molecule has 3 atom stereocenters. The van der Waals surface area contributed by atoms with Crippen LogP contribution in [0.1, 0.15) is 57.4 Å². The van der Waals surface area contributed by atoms with Crippen molar-refractivity contribution >= 4 is 0 Å². The van der Waals surface area contributed by atoms with E-state index in [1.807, 2.05) is 0 Å². The van der Waals surface area contributed by atoms with Gasteiger partial charge in [-0.3, -0.25) is 0 Å². The van der Waals surface area contributed by atoms with E-state index in [4.69, 9.17) is 0 Å². The van der Waals surface area contributed by atoms with Crippen LogP contribution in [0.15, 0.2) is 30.3 Å². The van der Waals surface area contributed by atoms with Crippen molar-refractivity contribution in [2.75, 3.05) is 13.1 Å². The summed E-state index contributed by atoms with van der Waals surface area (Å²) in [5.41, 5.74) is 1.58. The molecule has 1 aromatic carbocycles. The molecule has 3 rings (SSSR count). The fourth-order valence-electron chi connectivity index (χ4n) is 4.36. The van der Waals surface area contributed by atoms with Gasteiger partial charge in [-0.1, -0.05) is 69.9 Å². The molecule has 0 spiro atoms. The Hall–Kier alpha value is -0.820. The van der Waals surface area contributed by atoms with Crippen LogP contribution in [0.4, 0.5) is 0 Å². The van der Waals surface area contributed by atoms with E-state index in [2.05, 4.69) is 49.5 Å². The van der Waals surface area contributed by atoms with Gasteiger partial charge in [0.25, 0.3) is 0 Å². The Kier molecular flexibility index (Phi) is 5.00. The second-order valence-electron chi connectivity index (χ2n) is 7.68. The highest BCUT2D eigenvalue weighted by Gasteiger charge is 2.46. The second kappa shape index (κ2) is 6.96. The first-order chi connectivity index (χ1) is 10.3. The van der Waals surface area contributed by atoms with Crippen molar-refractivity contribution in [3.8, 4) is 0 Å². The maximum Gasteiger partial charge on any atom is -0.00149 e. The lowest BCUT2D eigenvalue weighted by molar-refractivity contribution is 0.280. The number of hydrogen-bond donors (Lipinski definition) is 1. The molecule has 2 saturated carbocycles. The molecule has 0 amide bonds. The van der Waals surface area contributed by atoms with E-state index in [1.165, 1.54) is 45.2 Å². The molecule has 3 unspecified atom stereocenters. The van der Waals surface area contributed by atoms with Gasteiger partial charge in [-0.25, -0.2) is 0 Å². The molecule has 21 heavy (non-hydrogen) atoms. The van der Waals surface area contributed by atoms with E-state index < -0.39 is 0 Å². The van der Waals surface area contributed by atoms with Crippen molar-refractivity contribution in [3.05, 3.63) is 35.9 Å². The van der Waals surface area contributed by atoms with Crippen molar-refractivity contribution in [3.63, 3.8) is 0 Å². The summed E-state index contributed by atoms with van der Waals surface area (Å²) in [6.45, 7) is 7.03. The first-order valence-corrected chi connectivity index (χ1v) is 9.01. The van der Waals surface area contributed by atoms with Gasteiger partial charge in [0.15, 0.2) is 0 Å². The third-order valence-electron chi connectivity index (χ3n) is 5.56. The Balaban J connectivity index is 1.60. The molecule has 2 aliphatic carbocycles. The molecule has 0 radical (unpaired) electrons. The fraction of sp³-hybridized carbons (Fsp3) is 0.700. The Morgan fingerprint density at radius 3 is 2.43 bits per heavy atom. The normalized spacial score (nSPS) is 27.2. The lowest BCUT2D eigenvalue weighted by atomic mass is 9.85. The molecule has 2 aliphatic rings. The first-order valence-electron chi connectivity index (χ1n) is 9.01. The van der Waals surface area contributed by atoms with Gasteiger partial charge in [0.05, 0.1) is 0 Å². The average Bonchev–Trinajstić information content (AvgIpc) is 3.09. The maximum atomic E-state index is 3.76. The average molecular weight is 285 g/mol.